The van der Waals surface area contributed by atoms with Crippen LogP contribution in [0.15, 0.2) is 41.2 Å². The van der Waals surface area contributed by atoms with Crippen molar-refractivity contribution < 1.29 is 22.8 Å². The molecule has 7 heteroatoms. The number of nitrogens with one attached hydrogen (secondary N) is 2. The summed E-state index contributed by atoms with van der Waals surface area (Å²) >= 11 is 0. The lowest BCUT2D eigenvalue weighted by Crippen LogP contribution is -2.34. The van der Waals surface area contributed by atoms with Crippen molar-refractivity contribution in [2.45, 2.75) is 0 Å². The van der Waals surface area contributed by atoms with Crippen LogP contribution in [0.1, 0.15) is 20.7 Å². The number of furan rings is 1. The van der Waals surface area contributed by atoms with E-state index in [1.807, 2.05) is 0 Å². The van der Waals surface area contributed by atoms with Gasteiger partial charge in [-0.25, -0.2) is 8.78 Å². The Labute approximate surface area is 118 Å². The second-order valence-corrected chi connectivity index (χ2v) is 4.15. The molecule has 110 valence electrons. The van der Waals surface area contributed by atoms with Crippen molar-refractivity contribution in [2.24, 2.45) is 0 Å². The first-order valence-corrected chi connectivity index (χ1v) is 6.11. The molecule has 5 nitrogen and oxygen atoms in total. The van der Waals surface area contributed by atoms with Gasteiger partial charge in [0.2, 0.25) is 0 Å². The average Bonchev–Trinajstić information content (AvgIpc) is 2.97. The summed E-state index contributed by atoms with van der Waals surface area (Å²) in [6.45, 7) is 0.276. The fourth-order valence-corrected chi connectivity index (χ4v) is 1.62. The minimum absolute atomic E-state index is 0.110. The van der Waals surface area contributed by atoms with Crippen LogP contribution >= 0.6 is 0 Å². The molecule has 1 aromatic heterocycles. The standard InChI is InChI=1S/C14H12F2N2O3/c15-10-1-2-11(12(16)7-10)14(20)18-5-4-17-13(19)9-3-6-21-8-9/h1-3,6-8H,4-5H2,(H,17,19)(H,18,20). The van der Waals surface area contributed by atoms with E-state index < -0.39 is 17.5 Å². The lowest BCUT2D eigenvalue weighted by atomic mass is 10.2. The van der Waals surface area contributed by atoms with E-state index >= 15 is 0 Å². The second-order valence-electron chi connectivity index (χ2n) is 4.15. The van der Waals surface area contributed by atoms with Crippen molar-refractivity contribution >= 4 is 11.8 Å². The lowest BCUT2D eigenvalue weighted by molar-refractivity contribution is 0.0925. The van der Waals surface area contributed by atoms with Crippen molar-refractivity contribution in [1.82, 2.24) is 10.6 Å². The summed E-state index contributed by atoms with van der Waals surface area (Å²) in [5, 5.41) is 4.97. The normalized spacial score (nSPS) is 10.2. The van der Waals surface area contributed by atoms with Crippen LogP contribution in [-0.2, 0) is 0 Å². The Kier molecular flexibility index (Phi) is 4.65. The number of amides is 2. The molecule has 0 aliphatic carbocycles. The Balaban J connectivity index is 1.78. The summed E-state index contributed by atoms with van der Waals surface area (Å²) in [5.41, 5.74) is 0.114. The van der Waals surface area contributed by atoms with E-state index in [-0.39, 0.29) is 24.6 Å². The fraction of sp³-hybridized carbons (Fsp3) is 0.143. The summed E-state index contributed by atoms with van der Waals surface area (Å²) in [7, 11) is 0. The lowest BCUT2D eigenvalue weighted by Gasteiger charge is -2.07. The van der Waals surface area contributed by atoms with Crippen LogP contribution in [-0.4, -0.2) is 24.9 Å². The summed E-state index contributed by atoms with van der Waals surface area (Å²) in [6.07, 6.45) is 2.66. The number of hydrogen-bond donors (Lipinski definition) is 2. The van der Waals surface area contributed by atoms with Gasteiger partial charge in [-0.15, -0.1) is 0 Å². The van der Waals surface area contributed by atoms with Gasteiger partial charge in [0, 0.05) is 19.2 Å². The van der Waals surface area contributed by atoms with E-state index in [9.17, 15) is 18.4 Å². The molecule has 21 heavy (non-hydrogen) atoms. The van der Waals surface area contributed by atoms with Gasteiger partial charge in [0.25, 0.3) is 11.8 Å². The molecular formula is C14H12F2N2O3. The highest BCUT2D eigenvalue weighted by Crippen LogP contribution is 2.09. The van der Waals surface area contributed by atoms with Crippen LogP contribution in [0.25, 0.3) is 0 Å². The molecule has 0 saturated heterocycles. The Morgan fingerprint density at radius 2 is 1.76 bits per heavy atom. The van der Waals surface area contributed by atoms with Gasteiger partial charge in [-0.05, 0) is 18.2 Å². The van der Waals surface area contributed by atoms with Crippen molar-refractivity contribution in [3.05, 3.63) is 59.6 Å². The zero-order valence-electron chi connectivity index (χ0n) is 10.9. The molecule has 1 heterocycles. The Morgan fingerprint density at radius 1 is 1.05 bits per heavy atom. The molecule has 0 atom stereocenters. The molecular weight excluding hydrogens is 282 g/mol. The topological polar surface area (TPSA) is 71.3 Å². The smallest absolute Gasteiger partial charge is 0.254 e. The second kappa shape index (κ2) is 6.65. The maximum absolute atomic E-state index is 13.3. The molecule has 2 N–H and O–H groups in total. The molecule has 0 saturated carbocycles. The van der Waals surface area contributed by atoms with E-state index in [1.165, 1.54) is 18.6 Å². The molecule has 2 rings (SSSR count). The molecule has 0 aliphatic rings. The third kappa shape index (κ3) is 3.88. The van der Waals surface area contributed by atoms with Crippen molar-refractivity contribution in [2.75, 3.05) is 13.1 Å². The zero-order valence-corrected chi connectivity index (χ0v) is 10.9. The monoisotopic (exact) mass is 294 g/mol. The van der Waals surface area contributed by atoms with E-state index in [2.05, 4.69) is 10.6 Å². The van der Waals surface area contributed by atoms with Gasteiger partial charge in [-0.2, -0.15) is 0 Å². The minimum atomic E-state index is -0.935. The number of carbonyl (C=O) groups excluding carboxylic acids is 2. The van der Waals surface area contributed by atoms with Crippen molar-refractivity contribution in [1.29, 1.82) is 0 Å². The molecule has 0 radical (unpaired) electrons. The van der Waals surface area contributed by atoms with Crippen LogP contribution in [0.3, 0.4) is 0 Å². The minimum Gasteiger partial charge on any atom is -0.472 e. The van der Waals surface area contributed by atoms with Gasteiger partial charge in [0.05, 0.1) is 17.4 Å². The quantitative estimate of drug-likeness (QED) is 0.825. The number of halogens is 2. The molecule has 0 fully saturated rings. The maximum Gasteiger partial charge on any atom is 0.254 e. The first-order valence-electron chi connectivity index (χ1n) is 6.11. The van der Waals surface area contributed by atoms with Gasteiger partial charge >= 0.3 is 0 Å². The maximum atomic E-state index is 13.3. The molecule has 0 bridgehead atoms. The van der Waals surface area contributed by atoms with Crippen molar-refractivity contribution in [3.8, 4) is 0 Å². The summed E-state index contributed by atoms with van der Waals surface area (Å²) in [4.78, 5) is 23.2. The van der Waals surface area contributed by atoms with Crippen molar-refractivity contribution in [3.63, 3.8) is 0 Å². The zero-order chi connectivity index (χ0) is 15.2. The van der Waals surface area contributed by atoms with E-state index in [1.54, 1.807) is 0 Å². The van der Waals surface area contributed by atoms with Gasteiger partial charge in [-0.1, -0.05) is 0 Å². The molecule has 2 aromatic rings. The predicted molar refractivity (Wildman–Crippen MR) is 69.7 cm³/mol. The van der Waals surface area contributed by atoms with Gasteiger partial charge in [-0.3, -0.25) is 9.59 Å². The first kappa shape index (κ1) is 14.7. The first-order chi connectivity index (χ1) is 10.1. The summed E-state index contributed by atoms with van der Waals surface area (Å²) in [5.74, 6) is -2.71. The van der Waals surface area contributed by atoms with Crippen LogP contribution in [0.2, 0.25) is 0 Å². The Hall–Kier alpha value is -2.70. The molecule has 1 aromatic carbocycles. The van der Waals surface area contributed by atoms with Crippen LogP contribution in [0.4, 0.5) is 8.78 Å². The van der Waals surface area contributed by atoms with E-state index in [0.29, 0.717) is 11.6 Å². The Morgan fingerprint density at radius 3 is 2.38 bits per heavy atom. The molecule has 0 aliphatic heterocycles. The SMILES string of the molecule is O=C(NCCNC(=O)c1ccc(F)cc1F)c1ccoc1. The van der Waals surface area contributed by atoms with Gasteiger partial charge in [0.1, 0.15) is 17.9 Å². The van der Waals surface area contributed by atoms with Gasteiger partial charge in [0.15, 0.2) is 0 Å². The number of carbonyl (C=O) groups is 2. The predicted octanol–water partition coefficient (Wildman–Crippen LogP) is 1.72. The van der Waals surface area contributed by atoms with Crippen LogP contribution in [0, 0.1) is 11.6 Å². The third-order valence-corrected chi connectivity index (χ3v) is 2.66. The summed E-state index contributed by atoms with van der Waals surface area (Å²) in [6, 6.07) is 4.19. The molecule has 2 amide bonds. The highest BCUT2D eigenvalue weighted by Gasteiger charge is 2.12. The van der Waals surface area contributed by atoms with E-state index in [0.717, 1.165) is 12.1 Å². The number of benzene rings is 1. The highest BCUT2D eigenvalue weighted by atomic mass is 19.1. The molecule has 0 unspecified atom stereocenters. The van der Waals surface area contributed by atoms with Crippen LogP contribution < -0.4 is 10.6 Å². The number of hydrogen-bond acceptors (Lipinski definition) is 3. The fourth-order valence-electron chi connectivity index (χ4n) is 1.62. The summed E-state index contributed by atoms with van der Waals surface area (Å²) < 4.78 is 30.8. The largest absolute Gasteiger partial charge is 0.472 e. The third-order valence-electron chi connectivity index (χ3n) is 2.66. The number of rotatable bonds is 5. The Bertz CT molecular complexity index is 642. The average molecular weight is 294 g/mol. The highest BCUT2D eigenvalue weighted by molar-refractivity contribution is 5.95. The van der Waals surface area contributed by atoms with Crippen LogP contribution in [0.5, 0.6) is 0 Å². The van der Waals surface area contributed by atoms with Gasteiger partial charge < -0.3 is 15.1 Å². The molecule has 0 spiro atoms. The van der Waals surface area contributed by atoms with E-state index in [4.69, 9.17) is 4.42 Å².